The molecule has 0 aliphatic rings. The highest BCUT2D eigenvalue weighted by atomic mass is 16.5. The van der Waals surface area contributed by atoms with Crippen LogP contribution in [0.15, 0.2) is 24.5 Å². The van der Waals surface area contributed by atoms with Crippen molar-refractivity contribution in [2.24, 2.45) is 0 Å². The van der Waals surface area contributed by atoms with Crippen molar-refractivity contribution < 1.29 is 14.6 Å². The normalized spacial score (nSPS) is 10.3. The van der Waals surface area contributed by atoms with E-state index in [2.05, 4.69) is 6.92 Å². The number of unbranched alkanes of at least 4 members (excludes halogenated alkanes) is 2. The number of nitrogens with zero attached hydrogens (tertiary/aromatic N) is 2. The van der Waals surface area contributed by atoms with E-state index in [1.807, 2.05) is 0 Å². The summed E-state index contributed by atoms with van der Waals surface area (Å²) < 4.78 is 0.608. The van der Waals surface area contributed by atoms with E-state index in [0.29, 0.717) is 23.4 Å². The second-order valence-corrected chi connectivity index (χ2v) is 4.18. The molecule has 0 atom stereocenters. The number of hydrogen-bond donors (Lipinski definition) is 1. The Labute approximate surface area is 107 Å². The van der Waals surface area contributed by atoms with Crippen LogP contribution in [0.25, 0.3) is 0 Å². The summed E-state index contributed by atoms with van der Waals surface area (Å²) in [6.45, 7) is 2.94. The van der Waals surface area contributed by atoms with Crippen molar-refractivity contribution in [1.29, 1.82) is 0 Å². The molecule has 1 amide bonds. The number of aliphatic hydroxyl groups is 1. The first-order valence-corrected chi connectivity index (χ1v) is 6.28. The van der Waals surface area contributed by atoms with Gasteiger partial charge in [-0.05, 0) is 12.5 Å². The third-order valence-electron chi connectivity index (χ3n) is 2.71. The first-order chi connectivity index (χ1) is 8.69. The van der Waals surface area contributed by atoms with Crippen LogP contribution in [0, 0.1) is 5.21 Å². The minimum absolute atomic E-state index is 0.0674. The fourth-order valence-corrected chi connectivity index (χ4v) is 1.75. The first kappa shape index (κ1) is 14.4. The molecular formula is C13H20N2O3. The number of carbonyl (C=O) groups is 1. The maximum absolute atomic E-state index is 12.1. The van der Waals surface area contributed by atoms with Crippen molar-refractivity contribution in [3.05, 3.63) is 35.3 Å². The molecule has 0 radical (unpaired) electrons. The molecule has 1 N–H and O–H groups in total. The Hall–Kier alpha value is -1.62. The van der Waals surface area contributed by atoms with E-state index < -0.39 is 0 Å². The van der Waals surface area contributed by atoms with Crippen LogP contribution in [0.3, 0.4) is 0 Å². The Bertz CT molecular complexity index is 382. The Balaban J connectivity index is 2.69. The molecule has 100 valence electrons. The third-order valence-corrected chi connectivity index (χ3v) is 2.71. The molecule has 5 heteroatoms. The minimum Gasteiger partial charge on any atom is -0.619 e. The number of aliphatic hydroxyl groups excluding tert-OH is 1. The summed E-state index contributed by atoms with van der Waals surface area (Å²) >= 11 is 0. The Morgan fingerprint density at radius 3 is 2.83 bits per heavy atom. The number of aromatic nitrogens is 1. The van der Waals surface area contributed by atoms with Crippen LogP contribution >= 0.6 is 0 Å². The van der Waals surface area contributed by atoms with Crippen molar-refractivity contribution in [1.82, 2.24) is 4.90 Å². The van der Waals surface area contributed by atoms with Gasteiger partial charge in [-0.15, -0.1) is 0 Å². The Morgan fingerprint density at radius 2 is 2.22 bits per heavy atom. The van der Waals surface area contributed by atoms with Gasteiger partial charge in [-0.25, -0.2) is 0 Å². The van der Waals surface area contributed by atoms with E-state index in [-0.39, 0.29) is 12.5 Å². The number of rotatable bonds is 7. The summed E-state index contributed by atoms with van der Waals surface area (Å²) in [5.74, 6) is -0.203. The smallest absolute Gasteiger partial charge is 0.260 e. The van der Waals surface area contributed by atoms with Gasteiger partial charge in [0.1, 0.15) is 5.56 Å². The molecule has 0 unspecified atom stereocenters. The summed E-state index contributed by atoms with van der Waals surface area (Å²) in [6.07, 6.45) is 5.63. The maximum atomic E-state index is 12.1. The van der Waals surface area contributed by atoms with Gasteiger partial charge in [-0.1, -0.05) is 19.8 Å². The van der Waals surface area contributed by atoms with Gasteiger partial charge in [0.05, 0.1) is 6.61 Å². The molecule has 18 heavy (non-hydrogen) atoms. The molecule has 1 rings (SSSR count). The minimum atomic E-state index is -0.203. The van der Waals surface area contributed by atoms with Gasteiger partial charge in [0, 0.05) is 19.2 Å². The molecule has 0 fully saturated rings. The van der Waals surface area contributed by atoms with Gasteiger partial charge in [0.15, 0.2) is 12.4 Å². The molecule has 0 aromatic carbocycles. The molecule has 0 bridgehead atoms. The van der Waals surface area contributed by atoms with E-state index in [0.717, 1.165) is 19.3 Å². The van der Waals surface area contributed by atoms with Crippen LogP contribution in [-0.2, 0) is 0 Å². The van der Waals surface area contributed by atoms with Crippen molar-refractivity contribution >= 4 is 5.91 Å². The monoisotopic (exact) mass is 252 g/mol. The van der Waals surface area contributed by atoms with Gasteiger partial charge in [-0.3, -0.25) is 4.79 Å². The Kier molecular flexibility index (Phi) is 6.14. The molecule has 0 saturated heterocycles. The lowest BCUT2D eigenvalue weighted by Gasteiger charge is -2.21. The first-order valence-electron chi connectivity index (χ1n) is 6.28. The molecule has 0 aliphatic heterocycles. The summed E-state index contributed by atoms with van der Waals surface area (Å²) in [4.78, 5) is 13.7. The van der Waals surface area contributed by atoms with Gasteiger partial charge in [0.2, 0.25) is 0 Å². The molecule has 0 aliphatic carbocycles. The summed E-state index contributed by atoms with van der Waals surface area (Å²) in [5, 5.41) is 20.1. The predicted octanol–water partition coefficient (Wildman–Crippen LogP) is 0.945. The predicted molar refractivity (Wildman–Crippen MR) is 67.9 cm³/mol. The van der Waals surface area contributed by atoms with Gasteiger partial charge in [0.25, 0.3) is 5.91 Å². The van der Waals surface area contributed by atoms with Crippen molar-refractivity contribution in [3.8, 4) is 0 Å². The van der Waals surface area contributed by atoms with Crippen molar-refractivity contribution in [3.63, 3.8) is 0 Å². The second-order valence-electron chi connectivity index (χ2n) is 4.18. The highest BCUT2D eigenvalue weighted by Gasteiger charge is 2.16. The zero-order valence-corrected chi connectivity index (χ0v) is 10.7. The summed E-state index contributed by atoms with van der Waals surface area (Å²) in [7, 11) is 0. The number of hydrogen-bond acceptors (Lipinski definition) is 3. The Morgan fingerprint density at radius 1 is 1.44 bits per heavy atom. The largest absolute Gasteiger partial charge is 0.619 e. The standard InChI is InChI=1S/C13H20N2O3/c1-2-3-4-7-14(9-10-16)13(17)12-6-5-8-15(18)11-12/h5-6,8,11,16H,2-4,7,9-10H2,1H3. The van der Waals surface area contributed by atoms with Crippen LogP contribution in [0.1, 0.15) is 36.5 Å². The lowest BCUT2D eigenvalue weighted by atomic mass is 10.2. The zero-order valence-electron chi connectivity index (χ0n) is 10.7. The maximum Gasteiger partial charge on any atom is 0.260 e. The molecule has 0 saturated carbocycles. The van der Waals surface area contributed by atoms with E-state index >= 15 is 0 Å². The fraction of sp³-hybridized carbons (Fsp3) is 0.538. The van der Waals surface area contributed by atoms with Gasteiger partial charge < -0.3 is 15.2 Å². The van der Waals surface area contributed by atoms with Gasteiger partial charge in [-0.2, -0.15) is 4.73 Å². The van der Waals surface area contributed by atoms with Crippen molar-refractivity contribution in [2.75, 3.05) is 19.7 Å². The van der Waals surface area contributed by atoms with E-state index in [4.69, 9.17) is 5.11 Å². The summed E-state index contributed by atoms with van der Waals surface area (Å²) in [5.41, 5.74) is 0.359. The van der Waals surface area contributed by atoms with Crippen LogP contribution < -0.4 is 4.73 Å². The lowest BCUT2D eigenvalue weighted by molar-refractivity contribution is -0.605. The third kappa shape index (κ3) is 4.33. The number of amides is 1. The molecule has 5 nitrogen and oxygen atoms in total. The van der Waals surface area contributed by atoms with E-state index in [9.17, 15) is 10.0 Å². The van der Waals surface area contributed by atoms with Crippen LogP contribution in [0.4, 0.5) is 0 Å². The van der Waals surface area contributed by atoms with Crippen LogP contribution in [0.2, 0.25) is 0 Å². The van der Waals surface area contributed by atoms with E-state index in [1.54, 1.807) is 17.0 Å². The summed E-state index contributed by atoms with van der Waals surface area (Å²) in [6, 6.07) is 3.16. The molecule has 1 aromatic rings. The molecule has 1 heterocycles. The van der Waals surface area contributed by atoms with Crippen LogP contribution in [0.5, 0.6) is 0 Å². The van der Waals surface area contributed by atoms with Crippen LogP contribution in [-0.4, -0.2) is 35.6 Å². The molecular weight excluding hydrogens is 232 g/mol. The molecule has 1 aromatic heterocycles. The molecule has 0 spiro atoms. The van der Waals surface area contributed by atoms with Crippen molar-refractivity contribution in [2.45, 2.75) is 26.2 Å². The zero-order chi connectivity index (χ0) is 13.4. The number of pyridine rings is 1. The SMILES string of the molecule is CCCCCN(CCO)C(=O)c1ccc[n+]([O-])c1. The second kappa shape index (κ2) is 7.66. The highest BCUT2D eigenvalue weighted by molar-refractivity contribution is 5.93. The average molecular weight is 252 g/mol. The fourth-order valence-electron chi connectivity index (χ4n) is 1.75. The van der Waals surface area contributed by atoms with Gasteiger partial charge >= 0.3 is 0 Å². The number of carbonyl (C=O) groups excluding carboxylic acids is 1. The quantitative estimate of drug-likeness (QED) is 0.446. The lowest BCUT2D eigenvalue weighted by Crippen LogP contribution is -2.36. The average Bonchev–Trinajstić information content (AvgIpc) is 2.37. The van der Waals surface area contributed by atoms with E-state index in [1.165, 1.54) is 12.4 Å². The highest BCUT2D eigenvalue weighted by Crippen LogP contribution is 2.05. The topological polar surface area (TPSA) is 67.5 Å².